The Hall–Kier alpha value is -1.30. The highest BCUT2D eigenvalue weighted by atomic mass is 16.6. The minimum Gasteiger partial charge on any atom is -0.444 e. The van der Waals surface area contributed by atoms with Crippen LogP contribution >= 0.6 is 0 Å². The predicted octanol–water partition coefficient (Wildman–Crippen LogP) is 1.63. The molecule has 1 aliphatic carbocycles. The molecule has 2 fully saturated rings. The van der Waals surface area contributed by atoms with E-state index in [0.717, 1.165) is 38.6 Å². The Morgan fingerprint density at radius 3 is 2.59 bits per heavy atom. The van der Waals surface area contributed by atoms with Crippen LogP contribution in [0.2, 0.25) is 0 Å². The summed E-state index contributed by atoms with van der Waals surface area (Å²) in [5.41, 5.74) is 4.76. The molecule has 6 heteroatoms. The van der Waals surface area contributed by atoms with Crippen LogP contribution in [0.1, 0.15) is 52.9 Å². The molecule has 1 saturated carbocycles. The quantitative estimate of drug-likeness (QED) is 0.826. The van der Waals surface area contributed by atoms with Gasteiger partial charge in [0.1, 0.15) is 5.60 Å². The minimum absolute atomic E-state index is 0.209. The molecule has 2 aliphatic rings. The van der Waals surface area contributed by atoms with Crippen molar-refractivity contribution < 1.29 is 14.3 Å². The zero-order chi connectivity index (χ0) is 16.3. The molecule has 1 saturated heterocycles. The lowest BCUT2D eigenvalue weighted by atomic mass is 9.92. The summed E-state index contributed by atoms with van der Waals surface area (Å²) >= 11 is 0. The Labute approximate surface area is 132 Å². The highest BCUT2D eigenvalue weighted by Gasteiger charge is 2.41. The van der Waals surface area contributed by atoms with E-state index < -0.39 is 5.60 Å². The maximum absolute atomic E-state index is 12.4. The van der Waals surface area contributed by atoms with Crippen molar-refractivity contribution in [2.75, 3.05) is 13.1 Å². The maximum atomic E-state index is 12.4. The summed E-state index contributed by atoms with van der Waals surface area (Å²) in [6.07, 6.45) is 5.06. The van der Waals surface area contributed by atoms with Crippen molar-refractivity contribution in [3.05, 3.63) is 0 Å². The topological polar surface area (TPSA) is 84.7 Å². The molecule has 0 radical (unpaired) electrons. The lowest BCUT2D eigenvalue weighted by Crippen LogP contribution is -2.48. The van der Waals surface area contributed by atoms with Crippen molar-refractivity contribution in [1.82, 2.24) is 10.2 Å². The van der Waals surface area contributed by atoms with Crippen LogP contribution in [0.5, 0.6) is 0 Å². The van der Waals surface area contributed by atoms with Crippen LogP contribution in [0.3, 0.4) is 0 Å². The second kappa shape index (κ2) is 6.86. The summed E-state index contributed by atoms with van der Waals surface area (Å²) in [5.74, 6) is 0.0513. The van der Waals surface area contributed by atoms with E-state index in [2.05, 4.69) is 5.32 Å². The number of ether oxygens (including phenoxy) is 1. The van der Waals surface area contributed by atoms with Gasteiger partial charge in [0.15, 0.2) is 0 Å². The van der Waals surface area contributed by atoms with Crippen LogP contribution in [0, 0.1) is 5.92 Å². The van der Waals surface area contributed by atoms with Gasteiger partial charge in [-0.1, -0.05) is 6.42 Å². The van der Waals surface area contributed by atoms with Crippen molar-refractivity contribution in [3.8, 4) is 0 Å². The molecule has 0 aromatic rings. The maximum Gasteiger partial charge on any atom is 0.410 e. The second-order valence-corrected chi connectivity index (χ2v) is 7.43. The number of carbonyl (C=O) groups excluding carboxylic acids is 2. The van der Waals surface area contributed by atoms with Gasteiger partial charge in [0.2, 0.25) is 5.91 Å². The number of nitrogens with one attached hydrogen (secondary N) is 1. The van der Waals surface area contributed by atoms with E-state index >= 15 is 0 Å². The lowest BCUT2D eigenvalue weighted by Gasteiger charge is -2.34. The Balaban J connectivity index is 1.99. The van der Waals surface area contributed by atoms with Crippen LogP contribution < -0.4 is 11.1 Å². The van der Waals surface area contributed by atoms with E-state index in [9.17, 15) is 9.59 Å². The van der Waals surface area contributed by atoms with Gasteiger partial charge < -0.3 is 20.7 Å². The summed E-state index contributed by atoms with van der Waals surface area (Å²) < 4.78 is 5.54. The van der Waals surface area contributed by atoms with Gasteiger partial charge in [-0.15, -0.1) is 0 Å². The first-order chi connectivity index (χ1) is 10.3. The summed E-state index contributed by atoms with van der Waals surface area (Å²) in [4.78, 5) is 25.3. The number of hydrogen-bond acceptors (Lipinski definition) is 4. The minimum atomic E-state index is -0.469. The molecule has 3 unspecified atom stereocenters. The Kier molecular flexibility index (Phi) is 5.32. The molecule has 2 rings (SSSR count). The third-order valence-corrected chi connectivity index (χ3v) is 4.53. The highest BCUT2D eigenvalue weighted by Crippen LogP contribution is 2.36. The normalized spacial score (nSPS) is 28.9. The number of hydrogen-bond donors (Lipinski definition) is 2. The number of carbonyl (C=O) groups is 2. The molecule has 0 aromatic carbocycles. The molecule has 0 bridgehead atoms. The van der Waals surface area contributed by atoms with Crippen molar-refractivity contribution >= 4 is 12.0 Å². The number of primary amides is 1. The summed E-state index contributed by atoms with van der Waals surface area (Å²) in [7, 11) is 0. The summed E-state index contributed by atoms with van der Waals surface area (Å²) in [6.45, 7) is 6.65. The fraction of sp³-hybridized carbons (Fsp3) is 0.875. The zero-order valence-corrected chi connectivity index (χ0v) is 13.9. The molecule has 126 valence electrons. The molecule has 1 heterocycles. The van der Waals surface area contributed by atoms with Gasteiger partial charge in [-0.2, -0.15) is 0 Å². The van der Waals surface area contributed by atoms with Gasteiger partial charge in [-0.3, -0.25) is 4.79 Å². The monoisotopic (exact) mass is 311 g/mol. The molecule has 3 N–H and O–H groups in total. The van der Waals surface area contributed by atoms with Crippen LogP contribution in [-0.4, -0.2) is 47.7 Å². The largest absolute Gasteiger partial charge is 0.444 e. The zero-order valence-electron chi connectivity index (χ0n) is 13.9. The smallest absolute Gasteiger partial charge is 0.410 e. The number of likely N-dealkylation sites (tertiary alicyclic amines) is 1. The van der Waals surface area contributed by atoms with Crippen molar-refractivity contribution in [2.24, 2.45) is 11.7 Å². The molecule has 2 amide bonds. The lowest BCUT2D eigenvalue weighted by molar-refractivity contribution is -0.117. The average molecular weight is 311 g/mol. The van der Waals surface area contributed by atoms with Gasteiger partial charge in [-0.05, 0) is 52.4 Å². The van der Waals surface area contributed by atoms with Crippen molar-refractivity contribution in [1.29, 1.82) is 0 Å². The van der Waals surface area contributed by atoms with Gasteiger partial charge >= 0.3 is 6.09 Å². The summed E-state index contributed by atoms with van der Waals surface area (Å²) in [6, 6.07) is 0.475. The van der Waals surface area contributed by atoms with Crippen LogP contribution in [0.4, 0.5) is 4.79 Å². The third kappa shape index (κ3) is 4.35. The molecule has 3 atom stereocenters. The van der Waals surface area contributed by atoms with Gasteiger partial charge in [-0.25, -0.2) is 4.79 Å². The Bertz CT molecular complexity index is 419. The van der Waals surface area contributed by atoms with Gasteiger partial charge in [0.05, 0.1) is 6.54 Å². The predicted molar refractivity (Wildman–Crippen MR) is 84.3 cm³/mol. The molecule has 22 heavy (non-hydrogen) atoms. The Morgan fingerprint density at radius 2 is 1.95 bits per heavy atom. The molecular formula is C16H29N3O3. The van der Waals surface area contributed by atoms with Crippen LogP contribution in [0.15, 0.2) is 0 Å². The highest BCUT2D eigenvalue weighted by molar-refractivity contribution is 5.75. The molecule has 1 aliphatic heterocycles. The number of nitrogens with two attached hydrogens (primary N) is 1. The first kappa shape index (κ1) is 17.1. The molecular weight excluding hydrogens is 282 g/mol. The first-order valence-corrected chi connectivity index (χ1v) is 8.29. The van der Waals surface area contributed by atoms with E-state index in [0.29, 0.717) is 5.92 Å². The number of rotatable bonds is 4. The van der Waals surface area contributed by atoms with E-state index in [1.54, 1.807) is 0 Å². The fourth-order valence-corrected chi connectivity index (χ4v) is 3.72. The van der Waals surface area contributed by atoms with Crippen LogP contribution in [0.25, 0.3) is 0 Å². The first-order valence-electron chi connectivity index (χ1n) is 8.29. The SMILES string of the molecule is CC(C)(C)OC(=O)N1CCCC1C1CCCC1NCC(N)=O. The van der Waals surface area contributed by atoms with Crippen molar-refractivity contribution in [2.45, 2.75) is 70.6 Å². The standard InChI is InChI=1S/C16H29N3O3/c1-16(2,3)22-15(21)19-9-5-8-13(19)11-6-4-7-12(11)18-10-14(17)20/h11-13,18H,4-10H2,1-3H3,(H2,17,20). The van der Waals surface area contributed by atoms with Gasteiger partial charge in [0.25, 0.3) is 0 Å². The Morgan fingerprint density at radius 1 is 1.23 bits per heavy atom. The van der Waals surface area contributed by atoms with Gasteiger partial charge in [0, 0.05) is 18.6 Å². The second-order valence-electron chi connectivity index (χ2n) is 7.43. The third-order valence-electron chi connectivity index (χ3n) is 4.53. The molecule has 6 nitrogen and oxygen atoms in total. The van der Waals surface area contributed by atoms with E-state index in [-0.39, 0.29) is 30.6 Å². The summed E-state index contributed by atoms with van der Waals surface area (Å²) in [5, 5.41) is 3.26. The molecule has 0 spiro atoms. The number of amides is 2. The van der Waals surface area contributed by atoms with Crippen LogP contribution in [-0.2, 0) is 9.53 Å². The number of nitrogens with zero attached hydrogens (tertiary/aromatic N) is 1. The van der Waals surface area contributed by atoms with Crippen molar-refractivity contribution in [3.63, 3.8) is 0 Å². The fourth-order valence-electron chi connectivity index (χ4n) is 3.72. The molecule has 0 aromatic heterocycles. The van der Waals surface area contributed by atoms with E-state index in [1.165, 1.54) is 0 Å². The van der Waals surface area contributed by atoms with E-state index in [1.807, 2.05) is 25.7 Å². The van der Waals surface area contributed by atoms with E-state index in [4.69, 9.17) is 10.5 Å². The average Bonchev–Trinajstić information content (AvgIpc) is 3.02.